The van der Waals surface area contributed by atoms with Crippen LogP contribution < -0.4 is 0 Å². The second-order valence-corrected chi connectivity index (χ2v) is 4.30. The van der Waals surface area contributed by atoms with Crippen LogP contribution in [0.25, 0.3) is 0 Å². The van der Waals surface area contributed by atoms with Gasteiger partial charge in [0.1, 0.15) is 11.6 Å². The van der Waals surface area contributed by atoms with Crippen LogP contribution in [0.1, 0.15) is 6.92 Å². The molecular formula is C9H6ClN5O2. The summed E-state index contributed by atoms with van der Waals surface area (Å²) in [6.45, 7) is 1.23. The molecule has 17 heavy (non-hydrogen) atoms. The SMILES string of the molecule is C[C@@H]1C(C#N)(C#N)[C@@H](C#N)C(=N)[C@]1(Cl)[N+](=O)[O-]. The van der Waals surface area contributed by atoms with Gasteiger partial charge in [-0.3, -0.25) is 15.5 Å². The van der Waals surface area contributed by atoms with Gasteiger partial charge in [-0.25, -0.2) is 0 Å². The average Bonchev–Trinajstić information content (AvgIpc) is 2.48. The Balaban J connectivity index is 3.59. The summed E-state index contributed by atoms with van der Waals surface area (Å²) in [7, 11) is 0. The number of nitrogens with zero attached hydrogens (tertiary/aromatic N) is 4. The van der Waals surface area contributed by atoms with Crippen LogP contribution in [-0.4, -0.2) is 15.6 Å². The van der Waals surface area contributed by atoms with Crippen LogP contribution in [0.4, 0.5) is 0 Å². The third-order valence-corrected chi connectivity index (χ3v) is 3.81. The number of rotatable bonds is 1. The standard InChI is InChI=1S/C9H6ClN5O2/c1-5-8(3-12,4-13)6(2-11)7(14)9(5,10)15(16)17/h5-6,14H,1H3/t5-,6+,9-/m1/s1. The Hall–Kier alpha value is -2.17. The van der Waals surface area contributed by atoms with Gasteiger partial charge < -0.3 is 0 Å². The van der Waals surface area contributed by atoms with Crippen molar-refractivity contribution in [1.29, 1.82) is 21.2 Å². The van der Waals surface area contributed by atoms with Gasteiger partial charge in [-0.2, -0.15) is 15.8 Å². The highest BCUT2D eigenvalue weighted by Crippen LogP contribution is 2.53. The molecule has 1 saturated carbocycles. The molecule has 0 amide bonds. The molecule has 0 unspecified atom stereocenters. The normalized spacial score (nSPS) is 34.4. The largest absolute Gasteiger partial charge is 0.338 e. The quantitative estimate of drug-likeness (QED) is 0.321. The number of nitro groups is 1. The molecule has 0 bridgehead atoms. The fourth-order valence-electron chi connectivity index (χ4n) is 1.99. The van der Waals surface area contributed by atoms with Crippen LogP contribution in [0, 0.1) is 66.8 Å². The second kappa shape index (κ2) is 3.69. The van der Waals surface area contributed by atoms with E-state index in [1.54, 1.807) is 18.2 Å². The molecule has 0 aromatic rings. The molecule has 1 N–H and O–H groups in total. The zero-order valence-electron chi connectivity index (χ0n) is 8.64. The Morgan fingerprint density at radius 1 is 1.47 bits per heavy atom. The molecular weight excluding hydrogens is 246 g/mol. The zero-order chi connectivity index (χ0) is 13.4. The molecule has 7 nitrogen and oxygen atoms in total. The monoisotopic (exact) mass is 251 g/mol. The van der Waals surface area contributed by atoms with E-state index in [2.05, 4.69) is 0 Å². The second-order valence-electron chi connectivity index (χ2n) is 3.72. The molecule has 1 aliphatic rings. The van der Waals surface area contributed by atoms with Gasteiger partial charge in [-0.05, 0) is 11.6 Å². The maximum Gasteiger partial charge on any atom is 0.338 e. The minimum atomic E-state index is -2.37. The van der Waals surface area contributed by atoms with Crippen molar-refractivity contribution < 1.29 is 4.92 Å². The van der Waals surface area contributed by atoms with Gasteiger partial charge in [0.15, 0.2) is 5.41 Å². The number of hydrogen-bond acceptors (Lipinski definition) is 6. The first-order valence-corrected chi connectivity index (χ1v) is 4.85. The van der Waals surface area contributed by atoms with E-state index in [1.165, 1.54) is 6.92 Å². The summed E-state index contributed by atoms with van der Waals surface area (Å²) in [5, 5.41) is 45.4. The first kappa shape index (κ1) is 12.9. The van der Waals surface area contributed by atoms with E-state index < -0.39 is 32.9 Å². The van der Waals surface area contributed by atoms with Gasteiger partial charge in [0.2, 0.25) is 0 Å². The highest BCUT2D eigenvalue weighted by Gasteiger charge is 2.72. The van der Waals surface area contributed by atoms with E-state index in [0.29, 0.717) is 0 Å². The topological polar surface area (TPSA) is 138 Å². The van der Waals surface area contributed by atoms with Crippen molar-refractivity contribution in [1.82, 2.24) is 0 Å². The Labute approximate surface area is 101 Å². The van der Waals surface area contributed by atoms with Gasteiger partial charge in [0.25, 0.3) is 0 Å². The molecule has 86 valence electrons. The van der Waals surface area contributed by atoms with E-state index in [9.17, 15) is 10.1 Å². The summed E-state index contributed by atoms with van der Waals surface area (Å²) in [5.74, 6) is -2.74. The summed E-state index contributed by atoms with van der Waals surface area (Å²) < 4.78 is 0. The summed E-state index contributed by atoms with van der Waals surface area (Å²) in [4.78, 5) is 7.63. The lowest BCUT2D eigenvalue weighted by atomic mass is 9.75. The smallest absolute Gasteiger partial charge is 0.300 e. The Bertz CT molecular complexity index is 511. The summed E-state index contributed by atoms with van der Waals surface area (Å²) >= 11 is 5.74. The van der Waals surface area contributed by atoms with Crippen molar-refractivity contribution in [3.05, 3.63) is 10.1 Å². The molecule has 0 saturated heterocycles. The number of alkyl halides is 1. The fraction of sp³-hybridized carbons (Fsp3) is 0.556. The van der Waals surface area contributed by atoms with Crippen LogP contribution in [0.15, 0.2) is 0 Å². The van der Waals surface area contributed by atoms with E-state index >= 15 is 0 Å². The molecule has 1 rings (SSSR count). The van der Waals surface area contributed by atoms with Gasteiger partial charge >= 0.3 is 5.00 Å². The molecule has 8 heteroatoms. The predicted molar refractivity (Wildman–Crippen MR) is 55.2 cm³/mol. The molecule has 1 fully saturated rings. The molecule has 3 atom stereocenters. The van der Waals surface area contributed by atoms with Gasteiger partial charge in [0.05, 0.1) is 24.1 Å². The molecule has 0 aliphatic heterocycles. The van der Waals surface area contributed by atoms with Crippen molar-refractivity contribution in [2.24, 2.45) is 17.3 Å². The first-order valence-electron chi connectivity index (χ1n) is 4.47. The van der Waals surface area contributed by atoms with Crippen molar-refractivity contribution in [3.63, 3.8) is 0 Å². The average molecular weight is 252 g/mol. The molecule has 0 aromatic heterocycles. The third kappa shape index (κ3) is 1.22. The lowest BCUT2D eigenvalue weighted by Crippen LogP contribution is -2.43. The van der Waals surface area contributed by atoms with Crippen LogP contribution in [-0.2, 0) is 0 Å². The van der Waals surface area contributed by atoms with Crippen LogP contribution in [0.5, 0.6) is 0 Å². The van der Waals surface area contributed by atoms with Gasteiger partial charge in [0, 0.05) is 4.92 Å². The fourth-order valence-corrected chi connectivity index (χ4v) is 2.27. The van der Waals surface area contributed by atoms with Crippen LogP contribution in [0.2, 0.25) is 0 Å². The molecule has 0 aromatic carbocycles. The molecule has 0 spiro atoms. The minimum Gasteiger partial charge on any atom is -0.300 e. The van der Waals surface area contributed by atoms with Crippen molar-refractivity contribution in [2.75, 3.05) is 0 Å². The summed E-state index contributed by atoms with van der Waals surface area (Å²) in [6.07, 6.45) is 0. The van der Waals surface area contributed by atoms with Crippen molar-refractivity contribution >= 4 is 17.3 Å². The maximum absolute atomic E-state index is 10.9. The Kier molecular flexibility index (Phi) is 2.80. The number of halogens is 1. The maximum atomic E-state index is 10.9. The van der Waals surface area contributed by atoms with Gasteiger partial charge in [-0.15, -0.1) is 0 Å². The lowest BCUT2D eigenvalue weighted by molar-refractivity contribution is -0.529. The third-order valence-electron chi connectivity index (χ3n) is 3.14. The molecule has 1 aliphatic carbocycles. The lowest BCUT2D eigenvalue weighted by Gasteiger charge is -2.21. The number of hydrogen-bond donors (Lipinski definition) is 1. The van der Waals surface area contributed by atoms with Gasteiger partial charge in [-0.1, -0.05) is 6.92 Å². The molecule has 0 heterocycles. The van der Waals surface area contributed by atoms with Crippen molar-refractivity contribution in [2.45, 2.75) is 11.9 Å². The number of nitrogens with one attached hydrogen (secondary N) is 1. The van der Waals surface area contributed by atoms with E-state index in [-0.39, 0.29) is 0 Å². The first-order chi connectivity index (χ1) is 7.82. The minimum absolute atomic E-state index is 0.706. The van der Waals surface area contributed by atoms with Crippen LogP contribution >= 0.6 is 11.6 Å². The summed E-state index contributed by atoms with van der Waals surface area (Å²) in [5.41, 5.74) is -2.66. The van der Waals surface area contributed by atoms with E-state index in [4.69, 9.17) is 32.8 Å². The summed E-state index contributed by atoms with van der Waals surface area (Å²) in [6, 6.07) is 4.80. The van der Waals surface area contributed by atoms with Crippen molar-refractivity contribution in [3.8, 4) is 18.2 Å². The zero-order valence-corrected chi connectivity index (χ0v) is 9.39. The highest BCUT2D eigenvalue weighted by molar-refractivity contribution is 6.36. The van der Waals surface area contributed by atoms with E-state index in [0.717, 1.165) is 0 Å². The number of nitriles is 3. The Morgan fingerprint density at radius 3 is 2.18 bits per heavy atom. The van der Waals surface area contributed by atoms with E-state index in [1.807, 2.05) is 0 Å². The van der Waals surface area contributed by atoms with Crippen LogP contribution in [0.3, 0.4) is 0 Å². The Morgan fingerprint density at radius 2 is 1.94 bits per heavy atom. The predicted octanol–water partition coefficient (Wildman–Crippen LogP) is 1.04. The highest BCUT2D eigenvalue weighted by atomic mass is 35.5. The molecule has 0 radical (unpaired) electrons.